The summed E-state index contributed by atoms with van der Waals surface area (Å²) in [5.74, 6) is -0.378. The Kier molecular flexibility index (Phi) is 4.59. The summed E-state index contributed by atoms with van der Waals surface area (Å²) in [6, 6.07) is -0.250. The van der Waals surface area contributed by atoms with Crippen LogP contribution in [0.5, 0.6) is 0 Å². The first-order valence-corrected chi connectivity index (χ1v) is 6.57. The Morgan fingerprint density at radius 3 is 2.22 bits per heavy atom. The average molecular weight is 256 g/mol. The molecular weight excluding hydrogens is 232 g/mol. The molecule has 0 spiro atoms. The molecule has 5 nitrogen and oxygen atoms in total. The third kappa shape index (κ3) is 3.15. The summed E-state index contributed by atoms with van der Waals surface area (Å²) in [5.41, 5.74) is -1.08. The fraction of sp³-hybridized carbons (Fsp3) is 0.846. The van der Waals surface area contributed by atoms with E-state index in [2.05, 4.69) is 12.2 Å². The fourth-order valence-corrected chi connectivity index (χ4v) is 2.17. The summed E-state index contributed by atoms with van der Waals surface area (Å²) in [6.45, 7) is 5.92. The number of urea groups is 1. The summed E-state index contributed by atoms with van der Waals surface area (Å²) in [4.78, 5) is 25.0. The van der Waals surface area contributed by atoms with E-state index in [1.165, 1.54) is 4.90 Å². The van der Waals surface area contributed by atoms with Crippen LogP contribution in [0.4, 0.5) is 4.79 Å². The van der Waals surface area contributed by atoms with E-state index in [9.17, 15) is 14.7 Å². The van der Waals surface area contributed by atoms with Crippen LogP contribution in [0, 0.1) is 5.92 Å². The molecule has 0 atom stereocenters. The van der Waals surface area contributed by atoms with Crippen molar-refractivity contribution in [3.63, 3.8) is 0 Å². The maximum atomic E-state index is 12.0. The molecule has 18 heavy (non-hydrogen) atoms. The maximum Gasteiger partial charge on any atom is 0.329 e. The molecule has 0 saturated heterocycles. The molecule has 0 heterocycles. The number of carbonyl (C=O) groups is 2. The van der Waals surface area contributed by atoms with Crippen molar-refractivity contribution in [2.24, 2.45) is 5.92 Å². The molecule has 2 amide bonds. The van der Waals surface area contributed by atoms with Crippen LogP contribution in [-0.2, 0) is 4.79 Å². The van der Waals surface area contributed by atoms with Crippen LogP contribution in [0.1, 0.15) is 46.5 Å². The highest BCUT2D eigenvalue weighted by atomic mass is 16.4. The Morgan fingerprint density at radius 2 is 1.83 bits per heavy atom. The van der Waals surface area contributed by atoms with Crippen molar-refractivity contribution in [3.05, 3.63) is 0 Å². The van der Waals surface area contributed by atoms with Gasteiger partial charge in [-0.15, -0.1) is 0 Å². The number of carboxylic acid groups (broad SMARTS) is 1. The minimum atomic E-state index is -1.08. The zero-order valence-corrected chi connectivity index (χ0v) is 11.7. The fourth-order valence-electron chi connectivity index (χ4n) is 2.17. The van der Waals surface area contributed by atoms with Gasteiger partial charge in [-0.1, -0.05) is 6.92 Å². The molecule has 1 rings (SSSR count). The molecule has 0 aromatic heterocycles. The van der Waals surface area contributed by atoms with Crippen LogP contribution in [0.15, 0.2) is 0 Å². The molecule has 0 aliphatic heterocycles. The van der Waals surface area contributed by atoms with Crippen LogP contribution in [0.2, 0.25) is 0 Å². The van der Waals surface area contributed by atoms with E-state index in [1.54, 1.807) is 7.05 Å². The highest BCUT2D eigenvalue weighted by Crippen LogP contribution is 2.32. The smallest absolute Gasteiger partial charge is 0.329 e. The van der Waals surface area contributed by atoms with Gasteiger partial charge in [0.05, 0.1) is 0 Å². The molecule has 0 aromatic rings. The molecule has 1 fully saturated rings. The number of nitrogens with one attached hydrogen (secondary N) is 1. The van der Waals surface area contributed by atoms with Gasteiger partial charge >= 0.3 is 12.0 Å². The van der Waals surface area contributed by atoms with Gasteiger partial charge in [0.15, 0.2) is 0 Å². The van der Waals surface area contributed by atoms with Gasteiger partial charge < -0.3 is 15.3 Å². The van der Waals surface area contributed by atoms with Crippen LogP contribution in [-0.4, -0.2) is 40.6 Å². The van der Waals surface area contributed by atoms with Crippen molar-refractivity contribution in [2.75, 3.05) is 7.05 Å². The van der Waals surface area contributed by atoms with Crippen LogP contribution in [0.25, 0.3) is 0 Å². The summed E-state index contributed by atoms with van der Waals surface area (Å²) >= 11 is 0. The van der Waals surface area contributed by atoms with E-state index in [0.29, 0.717) is 18.8 Å². The molecule has 1 saturated carbocycles. The van der Waals surface area contributed by atoms with E-state index >= 15 is 0 Å². The van der Waals surface area contributed by atoms with Crippen molar-refractivity contribution < 1.29 is 14.7 Å². The Hall–Kier alpha value is -1.26. The summed E-state index contributed by atoms with van der Waals surface area (Å²) in [7, 11) is 1.68. The van der Waals surface area contributed by atoms with E-state index < -0.39 is 11.5 Å². The zero-order valence-electron chi connectivity index (χ0n) is 11.7. The predicted octanol–water partition coefficient (Wildman–Crippen LogP) is 2.07. The van der Waals surface area contributed by atoms with Crippen molar-refractivity contribution in [3.8, 4) is 0 Å². The molecule has 0 unspecified atom stereocenters. The van der Waals surface area contributed by atoms with Gasteiger partial charge in [0.25, 0.3) is 0 Å². The lowest BCUT2D eigenvalue weighted by atomic mass is 9.77. The highest BCUT2D eigenvalue weighted by molar-refractivity contribution is 5.86. The van der Waals surface area contributed by atoms with Gasteiger partial charge in [0.2, 0.25) is 0 Å². The number of hydrogen-bond donors (Lipinski definition) is 2. The second-order valence-corrected chi connectivity index (χ2v) is 5.70. The van der Waals surface area contributed by atoms with Crippen molar-refractivity contribution in [1.29, 1.82) is 0 Å². The molecule has 104 valence electrons. The summed E-state index contributed by atoms with van der Waals surface area (Å²) in [6.07, 6.45) is 2.72. The van der Waals surface area contributed by atoms with Gasteiger partial charge in [-0.3, -0.25) is 0 Å². The lowest BCUT2D eigenvalue weighted by molar-refractivity contribution is -0.146. The minimum Gasteiger partial charge on any atom is -0.480 e. The number of aliphatic carboxylic acids is 1. The number of rotatable bonds is 3. The summed E-state index contributed by atoms with van der Waals surface area (Å²) in [5, 5.41) is 12.1. The number of nitrogens with zero attached hydrogens (tertiary/aromatic N) is 1. The second kappa shape index (κ2) is 5.59. The van der Waals surface area contributed by atoms with Gasteiger partial charge in [-0.2, -0.15) is 0 Å². The standard InChI is InChI=1S/C13H24N2O3/c1-9(2)15(4)12(18)14-13(11(16)17)7-5-10(3)6-8-13/h9-10H,5-8H2,1-4H3,(H,14,18)(H,16,17). The van der Waals surface area contributed by atoms with Gasteiger partial charge in [0, 0.05) is 13.1 Å². The molecular formula is C13H24N2O3. The van der Waals surface area contributed by atoms with Crippen LogP contribution in [0.3, 0.4) is 0 Å². The first-order chi connectivity index (χ1) is 8.28. The first kappa shape index (κ1) is 14.8. The van der Waals surface area contributed by atoms with E-state index in [-0.39, 0.29) is 12.1 Å². The average Bonchev–Trinajstić information content (AvgIpc) is 2.30. The summed E-state index contributed by atoms with van der Waals surface area (Å²) < 4.78 is 0. The quantitative estimate of drug-likeness (QED) is 0.812. The van der Waals surface area contributed by atoms with E-state index in [0.717, 1.165) is 12.8 Å². The third-order valence-corrected chi connectivity index (χ3v) is 3.98. The predicted molar refractivity (Wildman–Crippen MR) is 69.4 cm³/mol. The number of amides is 2. The second-order valence-electron chi connectivity index (χ2n) is 5.70. The monoisotopic (exact) mass is 256 g/mol. The number of carboxylic acids is 1. The lowest BCUT2D eigenvalue weighted by Crippen LogP contribution is -2.59. The van der Waals surface area contributed by atoms with E-state index in [1.807, 2.05) is 13.8 Å². The number of hydrogen-bond acceptors (Lipinski definition) is 2. The Balaban J connectivity index is 2.75. The Labute approximate surface area is 109 Å². The van der Waals surface area contributed by atoms with Crippen LogP contribution >= 0.6 is 0 Å². The normalized spacial score (nSPS) is 27.9. The third-order valence-electron chi connectivity index (χ3n) is 3.98. The maximum absolute atomic E-state index is 12.0. The van der Waals surface area contributed by atoms with Crippen molar-refractivity contribution in [1.82, 2.24) is 10.2 Å². The topological polar surface area (TPSA) is 69.6 Å². The highest BCUT2D eigenvalue weighted by Gasteiger charge is 2.43. The molecule has 5 heteroatoms. The molecule has 0 bridgehead atoms. The molecule has 1 aliphatic carbocycles. The molecule has 1 aliphatic rings. The Morgan fingerprint density at radius 1 is 1.33 bits per heavy atom. The molecule has 0 aromatic carbocycles. The van der Waals surface area contributed by atoms with Gasteiger partial charge in [0.1, 0.15) is 5.54 Å². The van der Waals surface area contributed by atoms with Gasteiger partial charge in [-0.25, -0.2) is 9.59 Å². The molecule has 2 N–H and O–H groups in total. The minimum absolute atomic E-state index is 0.0540. The number of carbonyl (C=O) groups excluding carboxylic acids is 1. The Bertz CT molecular complexity index is 320. The SMILES string of the molecule is CC1CCC(NC(=O)N(C)C(C)C)(C(=O)O)CC1. The zero-order chi connectivity index (χ0) is 13.9. The van der Waals surface area contributed by atoms with Gasteiger partial charge in [-0.05, 0) is 45.4 Å². The lowest BCUT2D eigenvalue weighted by Gasteiger charge is -2.38. The van der Waals surface area contributed by atoms with Crippen molar-refractivity contribution in [2.45, 2.75) is 58.0 Å². The first-order valence-electron chi connectivity index (χ1n) is 6.57. The van der Waals surface area contributed by atoms with Crippen LogP contribution < -0.4 is 5.32 Å². The largest absolute Gasteiger partial charge is 0.480 e. The van der Waals surface area contributed by atoms with E-state index in [4.69, 9.17) is 0 Å². The molecule has 0 radical (unpaired) electrons. The van der Waals surface area contributed by atoms with Crippen molar-refractivity contribution >= 4 is 12.0 Å².